The average Bonchev–Trinajstić information content (AvgIpc) is 2.60. The van der Waals surface area contributed by atoms with E-state index in [9.17, 15) is 14.7 Å². The van der Waals surface area contributed by atoms with Gasteiger partial charge in [-0.05, 0) is 48.6 Å². The average molecular weight is 394 g/mol. The number of hydrogen-bond acceptors (Lipinski definition) is 6. The molecule has 0 aliphatic carbocycles. The molecule has 2 rings (SSSR count). The monoisotopic (exact) mass is 393 g/mol. The van der Waals surface area contributed by atoms with Crippen molar-refractivity contribution in [1.82, 2.24) is 5.32 Å². The van der Waals surface area contributed by atoms with E-state index in [1.165, 1.54) is 38.5 Å². The Morgan fingerprint density at radius 1 is 1.08 bits per heavy atom. The van der Waals surface area contributed by atoms with Crippen LogP contribution in [0, 0.1) is 0 Å². The highest BCUT2D eigenvalue weighted by molar-refractivity contribution is 7.80. The molecule has 0 aliphatic heterocycles. The molecule has 136 valence electrons. The number of carbonyl (C=O) groups excluding carboxylic acids is 2. The van der Waals surface area contributed by atoms with Crippen LogP contribution in [0.3, 0.4) is 0 Å². The number of aromatic carboxylic acids is 1. The van der Waals surface area contributed by atoms with Crippen LogP contribution in [0.4, 0.5) is 5.69 Å². The van der Waals surface area contributed by atoms with Gasteiger partial charge in [-0.3, -0.25) is 10.1 Å². The van der Waals surface area contributed by atoms with Crippen LogP contribution in [0.1, 0.15) is 20.7 Å². The van der Waals surface area contributed by atoms with Gasteiger partial charge in [0.15, 0.2) is 16.6 Å². The highest BCUT2D eigenvalue weighted by Crippen LogP contribution is 2.27. The number of nitrogens with one attached hydrogen (secondary N) is 2. The van der Waals surface area contributed by atoms with Gasteiger partial charge in [0.05, 0.1) is 25.2 Å². The predicted octanol–water partition coefficient (Wildman–Crippen LogP) is 1.85. The number of hydrogen-bond donors (Lipinski definition) is 2. The number of benzene rings is 2. The van der Waals surface area contributed by atoms with Crippen LogP contribution in [0.2, 0.25) is 5.02 Å². The molecule has 2 aromatic carbocycles. The molecule has 0 aliphatic rings. The van der Waals surface area contributed by atoms with Gasteiger partial charge in [-0.25, -0.2) is 0 Å². The van der Waals surface area contributed by atoms with Crippen LogP contribution >= 0.6 is 23.8 Å². The van der Waals surface area contributed by atoms with Crippen molar-refractivity contribution in [3.05, 3.63) is 52.5 Å². The van der Waals surface area contributed by atoms with Gasteiger partial charge in [0, 0.05) is 16.8 Å². The van der Waals surface area contributed by atoms with E-state index < -0.39 is 11.9 Å². The zero-order valence-corrected chi connectivity index (χ0v) is 15.4. The number of carbonyl (C=O) groups is 2. The predicted molar refractivity (Wildman–Crippen MR) is 99.0 cm³/mol. The van der Waals surface area contributed by atoms with Crippen molar-refractivity contribution in [2.75, 3.05) is 19.5 Å². The lowest BCUT2D eigenvalue weighted by Gasteiger charge is -2.13. The van der Waals surface area contributed by atoms with Gasteiger partial charge in [0.2, 0.25) is 0 Å². The summed E-state index contributed by atoms with van der Waals surface area (Å²) in [5.74, 6) is -0.942. The van der Waals surface area contributed by atoms with E-state index in [0.717, 1.165) is 0 Å². The van der Waals surface area contributed by atoms with Crippen molar-refractivity contribution in [3.8, 4) is 11.5 Å². The number of rotatable bonds is 5. The van der Waals surface area contributed by atoms with E-state index in [1.807, 2.05) is 0 Å². The minimum absolute atomic E-state index is 0.0102. The molecule has 2 aromatic rings. The number of ether oxygens (including phenoxy) is 2. The molecule has 0 radical (unpaired) electrons. The van der Waals surface area contributed by atoms with Crippen molar-refractivity contribution in [3.63, 3.8) is 0 Å². The van der Waals surface area contributed by atoms with Gasteiger partial charge >= 0.3 is 0 Å². The molecule has 2 N–H and O–H groups in total. The Morgan fingerprint density at radius 3 is 2.35 bits per heavy atom. The molecule has 0 fully saturated rings. The normalized spacial score (nSPS) is 9.96. The standard InChI is InChI=1S/C17H15ClN2O5S/c1-24-13-6-3-9(7-14(13)25-2)15(21)20-17(26)19-10-4-5-11(16(22)23)12(18)8-10/h3-8H,1-2H3,(H,22,23)(H2,19,20,21,26)/p-1. The highest BCUT2D eigenvalue weighted by Gasteiger charge is 2.12. The van der Waals surface area contributed by atoms with E-state index >= 15 is 0 Å². The summed E-state index contributed by atoms with van der Waals surface area (Å²) in [6.07, 6.45) is 0. The lowest BCUT2D eigenvalue weighted by molar-refractivity contribution is -0.255. The molecule has 0 saturated heterocycles. The quantitative estimate of drug-likeness (QED) is 0.747. The first-order valence-corrected chi connectivity index (χ1v) is 7.99. The summed E-state index contributed by atoms with van der Waals surface area (Å²) in [6, 6.07) is 8.77. The third-order valence-electron chi connectivity index (χ3n) is 3.32. The SMILES string of the molecule is COc1ccc(C(=O)NC(=S)Nc2ccc(C(=O)[O-])c(Cl)c2)cc1OC. The zero-order valence-electron chi connectivity index (χ0n) is 13.8. The van der Waals surface area contributed by atoms with Crippen molar-refractivity contribution in [1.29, 1.82) is 0 Å². The number of halogens is 1. The first-order chi connectivity index (χ1) is 12.3. The number of carboxylic acids is 1. The zero-order chi connectivity index (χ0) is 19.3. The lowest BCUT2D eigenvalue weighted by Crippen LogP contribution is -2.34. The van der Waals surface area contributed by atoms with E-state index in [1.54, 1.807) is 12.1 Å². The van der Waals surface area contributed by atoms with Crippen molar-refractivity contribution >= 4 is 46.5 Å². The molecule has 0 heterocycles. The third-order valence-corrected chi connectivity index (χ3v) is 3.84. The molecule has 1 amide bonds. The van der Waals surface area contributed by atoms with Gasteiger partial charge in [-0.15, -0.1) is 0 Å². The Balaban J connectivity index is 2.07. The molecule has 0 atom stereocenters. The number of anilines is 1. The van der Waals surface area contributed by atoms with Crippen LogP contribution in [-0.2, 0) is 0 Å². The Labute approximate surface area is 159 Å². The Kier molecular flexibility index (Phi) is 6.37. The molecule has 26 heavy (non-hydrogen) atoms. The van der Waals surface area contributed by atoms with Gasteiger partial charge < -0.3 is 24.7 Å². The lowest BCUT2D eigenvalue weighted by atomic mass is 10.2. The minimum Gasteiger partial charge on any atom is -0.545 e. The fraction of sp³-hybridized carbons (Fsp3) is 0.118. The number of methoxy groups -OCH3 is 2. The molecule has 0 bridgehead atoms. The number of carboxylic acid groups (broad SMARTS) is 1. The van der Waals surface area contributed by atoms with Crippen LogP contribution in [0.15, 0.2) is 36.4 Å². The van der Waals surface area contributed by atoms with Crippen molar-refractivity contribution in [2.45, 2.75) is 0 Å². The maximum absolute atomic E-state index is 12.3. The third kappa shape index (κ3) is 4.62. The van der Waals surface area contributed by atoms with E-state index in [4.69, 9.17) is 33.3 Å². The maximum Gasteiger partial charge on any atom is 0.257 e. The molecular formula is C17H14ClN2O5S-. The molecule has 0 spiro atoms. The van der Waals surface area contributed by atoms with E-state index in [0.29, 0.717) is 22.7 Å². The number of amides is 1. The Hall–Kier alpha value is -2.84. The second kappa shape index (κ2) is 8.50. The summed E-state index contributed by atoms with van der Waals surface area (Å²) in [7, 11) is 2.96. The van der Waals surface area contributed by atoms with Crippen LogP contribution in [0.5, 0.6) is 11.5 Å². The summed E-state index contributed by atoms with van der Waals surface area (Å²) < 4.78 is 10.3. The molecule has 0 aromatic heterocycles. The highest BCUT2D eigenvalue weighted by atomic mass is 35.5. The molecule has 7 nitrogen and oxygen atoms in total. The largest absolute Gasteiger partial charge is 0.545 e. The van der Waals surface area contributed by atoms with Gasteiger partial charge in [-0.1, -0.05) is 11.6 Å². The van der Waals surface area contributed by atoms with Crippen LogP contribution < -0.4 is 25.2 Å². The molecular weight excluding hydrogens is 380 g/mol. The molecule has 0 unspecified atom stereocenters. The summed E-state index contributed by atoms with van der Waals surface area (Å²) in [5.41, 5.74) is 0.590. The van der Waals surface area contributed by atoms with Crippen molar-refractivity contribution in [2.24, 2.45) is 0 Å². The summed E-state index contributed by atoms with van der Waals surface area (Å²) in [5, 5.41) is 16.1. The minimum atomic E-state index is -1.38. The topological polar surface area (TPSA) is 99.7 Å². The fourth-order valence-corrected chi connectivity index (χ4v) is 2.54. The molecule has 0 saturated carbocycles. The second-order valence-electron chi connectivity index (χ2n) is 4.96. The molecule has 9 heteroatoms. The number of thiocarbonyl (C=S) groups is 1. The Morgan fingerprint density at radius 2 is 1.77 bits per heavy atom. The maximum atomic E-state index is 12.3. The second-order valence-corrected chi connectivity index (χ2v) is 5.78. The van der Waals surface area contributed by atoms with E-state index in [-0.39, 0.29) is 15.7 Å². The van der Waals surface area contributed by atoms with Crippen LogP contribution in [0.25, 0.3) is 0 Å². The summed E-state index contributed by atoms with van der Waals surface area (Å²) in [6.45, 7) is 0. The van der Waals surface area contributed by atoms with Crippen molar-refractivity contribution < 1.29 is 24.2 Å². The Bertz CT molecular complexity index is 872. The first-order valence-electron chi connectivity index (χ1n) is 7.21. The van der Waals surface area contributed by atoms with Gasteiger partial charge in [-0.2, -0.15) is 0 Å². The summed E-state index contributed by atoms with van der Waals surface area (Å²) in [4.78, 5) is 23.1. The van der Waals surface area contributed by atoms with Crippen LogP contribution in [-0.4, -0.2) is 31.2 Å². The van der Waals surface area contributed by atoms with Gasteiger partial charge in [0.1, 0.15) is 0 Å². The summed E-state index contributed by atoms with van der Waals surface area (Å²) >= 11 is 10.9. The van der Waals surface area contributed by atoms with E-state index in [2.05, 4.69) is 10.6 Å². The fourth-order valence-electron chi connectivity index (χ4n) is 2.07. The smallest absolute Gasteiger partial charge is 0.257 e. The first kappa shape index (κ1) is 19.5. The van der Waals surface area contributed by atoms with Gasteiger partial charge in [0.25, 0.3) is 5.91 Å².